The van der Waals surface area contributed by atoms with Crippen LogP contribution in [0.5, 0.6) is 0 Å². The van der Waals surface area contributed by atoms with Crippen LogP contribution in [-0.4, -0.2) is 58.7 Å². The van der Waals surface area contributed by atoms with E-state index in [1.54, 1.807) is 11.9 Å². The molecule has 1 aliphatic heterocycles. The Kier molecular flexibility index (Phi) is 43.7. The molecule has 0 aromatic heterocycles. The van der Waals surface area contributed by atoms with Gasteiger partial charge in [-0.1, -0.05) is 0 Å². The minimum absolute atomic E-state index is 0. The minimum atomic E-state index is -0.796. The topological polar surface area (TPSA) is 63.9 Å². The van der Waals surface area contributed by atoms with Gasteiger partial charge in [0.25, 0.3) is 0 Å². The molecule has 1 aliphatic rings. The van der Waals surface area contributed by atoms with Gasteiger partial charge in [-0.15, -0.1) is 0 Å². The molecule has 96 valence electrons. The van der Waals surface area contributed by atoms with Gasteiger partial charge in [-0.2, -0.15) is 0 Å². The Bertz CT molecular complexity index is 135. The van der Waals surface area contributed by atoms with Gasteiger partial charge < -0.3 is 15.3 Å². The average Bonchev–Trinajstić information content (AvgIpc) is 2.09. The van der Waals surface area contributed by atoms with Gasteiger partial charge in [-0.3, -0.25) is 4.90 Å². The monoisotopic (exact) mass is 1250 g/mol. The number of hydrogen-bond acceptors (Lipinski definition) is 4. The van der Waals surface area contributed by atoms with Crippen molar-refractivity contribution in [1.82, 2.24) is 4.90 Å². The van der Waals surface area contributed by atoms with E-state index < -0.39 is 12.2 Å². The summed E-state index contributed by atoms with van der Waals surface area (Å²) in [6.07, 6.45) is -1.50. The van der Waals surface area contributed by atoms with Crippen molar-refractivity contribution < 1.29 is 142 Å². The van der Waals surface area contributed by atoms with E-state index in [-0.39, 0.29) is 139 Å². The standard InChI is InChI=1S/C6H13NO3.6W/c1-7-2-5(9)6(10)4(7)3-8;;;;;;/h4-6,8-10H,2-3H2,1H3;;;;;;. The van der Waals surface area contributed by atoms with Crippen LogP contribution in [0.1, 0.15) is 0 Å². The SMILES string of the molecule is CN1CC(O)C(O)C1CO.[W].[W].[W].[W].[W].[W]. The number of rotatable bonds is 1. The number of nitrogens with zero attached hydrogens (tertiary/aromatic N) is 1. The summed E-state index contributed by atoms with van der Waals surface area (Å²) in [5, 5.41) is 27.0. The maximum atomic E-state index is 9.18. The molecule has 1 saturated heterocycles. The predicted octanol–water partition coefficient (Wildman–Crippen LogP) is -2.00. The van der Waals surface area contributed by atoms with Gasteiger partial charge in [-0.25, -0.2) is 0 Å². The third-order valence-corrected chi connectivity index (χ3v) is 2.02. The molecule has 0 aromatic rings. The van der Waals surface area contributed by atoms with E-state index in [0.29, 0.717) is 6.54 Å². The fourth-order valence-corrected chi connectivity index (χ4v) is 1.30. The van der Waals surface area contributed by atoms with Crippen LogP contribution in [0.15, 0.2) is 0 Å². The maximum absolute atomic E-state index is 9.18. The van der Waals surface area contributed by atoms with Gasteiger partial charge in [-0.05, 0) is 7.05 Å². The Labute approximate surface area is 182 Å². The van der Waals surface area contributed by atoms with Gasteiger partial charge in [0.15, 0.2) is 0 Å². The Balaban J connectivity index is -0.0000000417. The minimum Gasteiger partial charge on any atom is -0.395 e. The molecule has 1 heterocycles. The van der Waals surface area contributed by atoms with E-state index in [0.717, 1.165) is 0 Å². The largest absolute Gasteiger partial charge is 0.395 e. The molecule has 3 N–H and O–H groups in total. The van der Waals surface area contributed by atoms with E-state index in [4.69, 9.17) is 10.2 Å². The molecule has 0 aromatic carbocycles. The molecule has 0 bridgehead atoms. The molecule has 0 spiro atoms. The quantitative estimate of drug-likeness (QED) is 0.285. The summed E-state index contributed by atoms with van der Waals surface area (Å²) in [6, 6.07) is -0.296. The van der Waals surface area contributed by atoms with Crippen LogP contribution in [0, 0.1) is 0 Å². The molecule has 0 saturated carbocycles. The Hall–Kier alpha value is 3.97. The van der Waals surface area contributed by atoms with E-state index in [1.165, 1.54) is 0 Å². The molecule has 3 atom stereocenters. The van der Waals surface area contributed by atoms with Gasteiger partial charge in [0.2, 0.25) is 0 Å². The average molecular weight is 1250 g/mol. The first kappa shape index (κ1) is 36.8. The Morgan fingerprint density at radius 2 is 1.38 bits per heavy atom. The van der Waals surface area contributed by atoms with Crippen LogP contribution in [-0.2, 0) is 126 Å². The Morgan fingerprint density at radius 3 is 1.50 bits per heavy atom. The number of likely N-dealkylation sites (N-methyl/N-ethyl adjacent to an activating group) is 1. The zero-order chi connectivity index (χ0) is 7.72. The fraction of sp³-hybridized carbons (Fsp3) is 1.00. The zero-order valence-corrected chi connectivity index (χ0v) is 26.0. The molecule has 16 heavy (non-hydrogen) atoms. The number of hydrogen-bond donors (Lipinski definition) is 3. The predicted molar refractivity (Wildman–Crippen MR) is 35.5 cm³/mol. The smallest absolute Gasteiger partial charge is 0.0988 e. The molecule has 4 nitrogen and oxygen atoms in total. The van der Waals surface area contributed by atoms with Crippen LogP contribution in [0.3, 0.4) is 0 Å². The molecule has 10 heteroatoms. The molecule has 1 rings (SSSR count). The van der Waals surface area contributed by atoms with Crippen molar-refractivity contribution in [2.45, 2.75) is 18.2 Å². The third kappa shape index (κ3) is 10.7. The second kappa shape index (κ2) is 19.0. The molecular formula is C6H13NO3W6. The number of β-amino-alcohol motifs (C(OH)–C–C–N with tert-alkyl or cyclic N) is 1. The van der Waals surface area contributed by atoms with Crippen molar-refractivity contribution in [3.05, 3.63) is 0 Å². The maximum Gasteiger partial charge on any atom is 0.0988 e. The van der Waals surface area contributed by atoms with Crippen LogP contribution >= 0.6 is 0 Å². The first-order chi connectivity index (χ1) is 4.66. The summed E-state index contributed by atoms with van der Waals surface area (Å²) in [5.74, 6) is 0. The molecule has 1 fully saturated rings. The molecule has 0 radical (unpaired) electrons. The van der Waals surface area contributed by atoms with Crippen molar-refractivity contribution in [2.75, 3.05) is 20.2 Å². The van der Waals surface area contributed by atoms with Gasteiger partial charge in [0.1, 0.15) is 0 Å². The summed E-state index contributed by atoms with van der Waals surface area (Å²) < 4.78 is 0. The molecule has 0 amide bonds. The van der Waals surface area contributed by atoms with Crippen LogP contribution in [0.4, 0.5) is 0 Å². The van der Waals surface area contributed by atoms with Crippen LogP contribution < -0.4 is 0 Å². The first-order valence-electron chi connectivity index (χ1n) is 3.34. The van der Waals surface area contributed by atoms with Crippen LogP contribution in [0.25, 0.3) is 0 Å². The second-order valence-corrected chi connectivity index (χ2v) is 2.75. The second-order valence-electron chi connectivity index (χ2n) is 2.75. The van der Waals surface area contributed by atoms with Crippen molar-refractivity contribution in [1.29, 1.82) is 0 Å². The third-order valence-electron chi connectivity index (χ3n) is 2.02. The normalized spacial score (nSPS) is 26.6. The Morgan fingerprint density at radius 1 is 1.00 bits per heavy atom. The van der Waals surface area contributed by atoms with E-state index in [2.05, 4.69) is 0 Å². The van der Waals surface area contributed by atoms with E-state index in [1.807, 2.05) is 0 Å². The number of aliphatic hydroxyl groups is 3. The van der Waals surface area contributed by atoms with Crippen molar-refractivity contribution in [3.8, 4) is 0 Å². The van der Waals surface area contributed by atoms with Crippen LogP contribution in [0.2, 0.25) is 0 Å². The first-order valence-corrected chi connectivity index (χ1v) is 3.34. The summed E-state index contributed by atoms with van der Waals surface area (Å²) in [6.45, 7) is 0.334. The summed E-state index contributed by atoms with van der Waals surface area (Å²) in [5.41, 5.74) is 0. The van der Waals surface area contributed by atoms with Crippen molar-refractivity contribution >= 4 is 0 Å². The summed E-state index contributed by atoms with van der Waals surface area (Å²) >= 11 is 0. The molecule has 3 unspecified atom stereocenters. The summed E-state index contributed by atoms with van der Waals surface area (Å²) in [7, 11) is 1.76. The summed E-state index contributed by atoms with van der Waals surface area (Å²) in [4.78, 5) is 1.75. The van der Waals surface area contributed by atoms with Gasteiger partial charge >= 0.3 is 0 Å². The fourth-order valence-electron chi connectivity index (χ4n) is 1.30. The molecular weight excluding hydrogens is 1240 g/mol. The van der Waals surface area contributed by atoms with Crippen molar-refractivity contribution in [3.63, 3.8) is 0 Å². The van der Waals surface area contributed by atoms with E-state index in [9.17, 15) is 5.11 Å². The number of aliphatic hydroxyl groups excluding tert-OH is 3. The zero-order valence-electron chi connectivity index (χ0n) is 8.38. The number of likely N-dealkylation sites (tertiary alicyclic amines) is 1. The van der Waals surface area contributed by atoms with E-state index >= 15 is 0 Å². The van der Waals surface area contributed by atoms with Gasteiger partial charge in [0.05, 0.1) is 24.9 Å². The van der Waals surface area contributed by atoms with Crippen molar-refractivity contribution in [2.24, 2.45) is 0 Å². The van der Waals surface area contributed by atoms with Gasteiger partial charge in [0, 0.05) is 133 Å². The molecule has 0 aliphatic carbocycles.